The molecule has 96 valence electrons. The van der Waals surface area contributed by atoms with Crippen LogP contribution >= 0.6 is 0 Å². The molecule has 17 heavy (non-hydrogen) atoms. The van der Waals surface area contributed by atoms with E-state index in [1.807, 2.05) is 19.9 Å². The maximum absolute atomic E-state index is 5.60. The van der Waals surface area contributed by atoms with Gasteiger partial charge < -0.3 is 15.4 Å². The van der Waals surface area contributed by atoms with E-state index in [0.717, 1.165) is 25.2 Å². The van der Waals surface area contributed by atoms with Gasteiger partial charge in [-0.1, -0.05) is 6.92 Å². The van der Waals surface area contributed by atoms with Crippen LogP contribution in [0.25, 0.3) is 0 Å². The number of ether oxygens (including phenoxy) is 1. The Hall–Kier alpha value is -1.36. The molecule has 0 saturated heterocycles. The molecule has 0 aliphatic heterocycles. The first-order valence-corrected chi connectivity index (χ1v) is 6.14. The summed E-state index contributed by atoms with van der Waals surface area (Å²) in [4.78, 5) is 10.9. The summed E-state index contributed by atoms with van der Waals surface area (Å²) in [6.45, 7) is 8.90. The molecule has 0 bridgehead atoms. The summed E-state index contributed by atoms with van der Waals surface area (Å²) in [5.41, 5.74) is 6.52. The van der Waals surface area contributed by atoms with E-state index in [9.17, 15) is 0 Å². The van der Waals surface area contributed by atoms with Crippen molar-refractivity contribution >= 4 is 5.95 Å². The lowest BCUT2D eigenvalue weighted by Gasteiger charge is -2.21. The highest BCUT2D eigenvalue weighted by molar-refractivity contribution is 5.34. The summed E-state index contributed by atoms with van der Waals surface area (Å²) in [5, 5.41) is 0. The highest BCUT2D eigenvalue weighted by atomic mass is 16.5. The molecule has 0 aliphatic carbocycles. The molecule has 5 heteroatoms. The maximum Gasteiger partial charge on any atom is 0.228 e. The second-order valence-electron chi connectivity index (χ2n) is 3.86. The molecular weight excluding hydrogens is 216 g/mol. The Kier molecular flexibility index (Phi) is 5.69. The molecule has 1 aromatic heterocycles. The Morgan fingerprint density at radius 3 is 2.65 bits per heavy atom. The van der Waals surface area contributed by atoms with Crippen molar-refractivity contribution in [3.05, 3.63) is 11.8 Å². The highest BCUT2D eigenvalue weighted by Crippen LogP contribution is 2.15. The standard InChI is InChI=1S/C12H22N4O/c1-4-7-16(8-6-13)12-14-10(3)9-11(15-12)17-5-2/h9H,4-8,13H2,1-3H3. The molecule has 1 heterocycles. The van der Waals surface area contributed by atoms with Crippen molar-refractivity contribution in [3.63, 3.8) is 0 Å². The van der Waals surface area contributed by atoms with Gasteiger partial charge in [0.25, 0.3) is 0 Å². The zero-order chi connectivity index (χ0) is 12.7. The Bertz CT molecular complexity index is 337. The number of anilines is 1. The van der Waals surface area contributed by atoms with Crippen molar-refractivity contribution in [1.82, 2.24) is 9.97 Å². The second kappa shape index (κ2) is 7.06. The van der Waals surface area contributed by atoms with Crippen LogP contribution in [0.15, 0.2) is 6.07 Å². The van der Waals surface area contributed by atoms with Gasteiger partial charge in [-0.05, 0) is 20.3 Å². The molecule has 0 spiro atoms. The van der Waals surface area contributed by atoms with E-state index in [-0.39, 0.29) is 0 Å². The first-order chi connectivity index (χ1) is 8.21. The molecule has 0 unspecified atom stereocenters. The Balaban J connectivity index is 2.92. The molecule has 0 atom stereocenters. The first-order valence-electron chi connectivity index (χ1n) is 6.14. The fraction of sp³-hybridized carbons (Fsp3) is 0.667. The number of hydrogen-bond donors (Lipinski definition) is 1. The van der Waals surface area contributed by atoms with Crippen molar-refractivity contribution in [3.8, 4) is 5.88 Å². The van der Waals surface area contributed by atoms with E-state index in [2.05, 4.69) is 21.8 Å². The Labute approximate surface area is 103 Å². The molecule has 2 N–H and O–H groups in total. The third-order valence-electron chi connectivity index (χ3n) is 2.29. The van der Waals surface area contributed by atoms with Crippen LogP contribution in [0.3, 0.4) is 0 Å². The maximum atomic E-state index is 5.60. The number of aromatic nitrogens is 2. The lowest BCUT2D eigenvalue weighted by molar-refractivity contribution is 0.326. The zero-order valence-corrected chi connectivity index (χ0v) is 10.9. The summed E-state index contributed by atoms with van der Waals surface area (Å²) in [6.07, 6.45) is 1.04. The van der Waals surface area contributed by atoms with Crippen LogP contribution in [-0.2, 0) is 0 Å². The predicted octanol–water partition coefficient (Wildman–Crippen LogP) is 1.36. The van der Waals surface area contributed by atoms with Gasteiger partial charge >= 0.3 is 0 Å². The molecule has 5 nitrogen and oxygen atoms in total. The summed E-state index contributed by atoms with van der Waals surface area (Å²) in [7, 11) is 0. The van der Waals surface area contributed by atoms with Gasteiger partial charge in [-0.15, -0.1) is 0 Å². The van der Waals surface area contributed by atoms with E-state index in [0.29, 0.717) is 25.0 Å². The second-order valence-corrected chi connectivity index (χ2v) is 3.86. The minimum absolute atomic E-state index is 0.598. The van der Waals surface area contributed by atoms with Crippen LogP contribution in [0.1, 0.15) is 26.0 Å². The van der Waals surface area contributed by atoms with Gasteiger partial charge in [-0.3, -0.25) is 0 Å². The molecule has 0 aliphatic rings. The van der Waals surface area contributed by atoms with Crippen LogP contribution in [0.2, 0.25) is 0 Å². The third kappa shape index (κ3) is 4.19. The Morgan fingerprint density at radius 1 is 1.29 bits per heavy atom. The SMILES string of the molecule is CCCN(CCN)c1nc(C)cc(OCC)n1. The van der Waals surface area contributed by atoms with E-state index >= 15 is 0 Å². The lowest BCUT2D eigenvalue weighted by atomic mass is 10.4. The van der Waals surface area contributed by atoms with Gasteiger partial charge in [0.1, 0.15) is 0 Å². The fourth-order valence-corrected chi connectivity index (χ4v) is 1.63. The fourth-order valence-electron chi connectivity index (χ4n) is 1.63. The van der Waals surface area contributed by atoms with Crippen molar-refractivity contribution in [1.29, 1.82) is 0 Å². The summed E-state index contributed by atoms with van der Waals surface area (Å²) in [6, 6.07) is 1.85. The van der Waals surface area contributed by atoms with Gasteiger partial charge in [-0.25, -0.2) is 4.98 Å². The van der Waals surface area contributed by atoms with Crippen molar-refractivity contribution < 1.29 is 4.74 Å². The third-order valence-corrected chi connectivity index (χ3v) is 2.29. The smallest absolute Gasteiger partial charge is 0.228 e. The molecule has 0 fully saturated rings. The zero-order valence-electron chi connectivity index (χ0n) is 10.9. The van der Waals surface area contributed by atoms with Crippen LogP contribution in [-0.4, -0.2) is 36.2 Å². The molecule has 0 radical (unpaired) electrons. The van der Waals surface area contributed by atoms with Gasteiger partial charge in [0.05, 0.1) is 6.61 Å². The minimum Gasteiger partial charge on any atom is -0.478 e. The summed E-state index contributed by atoms with van der Waals surface area (Å²) < 4.78 is 5.42. The monoisotopic (exact) mass is 238 g/mol. The van der Waals surface area contributed by atoms with E-state index in [1.54, 1.807) is 0 Å². The minimum atomic E-state index is 0.598. The average molecular weight is 238 g/mol. The topological polar surface area (TPSA) is 64.3 Å². The highest BCUT2D eigenvalue weighted by Gasteiger charge is 2.10. The quantitative estimate of drug-likeness (QED) is 0.777. The van der Waals surface area contributed by atoms with Gasteiger partial charge in [-0.2, -0.15) is 4.98 Å². The van der Waals surface area contributed by atoms with Crippen LogP contribution in [0.5, 0.6) is 5.88 Å². The number of rotatable bonds is 7. The molecule has 1 rings (SSSR count). The number of aryl methyl sites for hydroxylation is 1. The van der Waals surface area contributed by atoms with Gasteiger partial charge in [0.15, 0.2) is 0 Å². The summed E-state index contributed by atoms with van der Waals surface area (Å²) in [5.74, 6) is 1.34. The normalized spacial score (nSPS) is 10.4. The molecule has 0 aromatic carbocycles. The summed E-state index contributed by atoms with van der Waals surface area (Å²) >= 11 is 0. The number of nitrogens with zero attached hydrogens (tertiary/aromatic N) is 3. The number of hydrogen-bond acceptors (Lipinski definition) is 5. The van der Waals surface area contributed by atoms with Crippen molar-refractivity contribution in [2.24, 2.45) is 5.73 Å². The van der Waals surface area contributed by atoms with Crippen LogP contribution < -0.4 is 15.4 Å². The molecular formula is C12H22N4O. The number of nitrogens with two attached hydrogens (primary N) is 1. The lowest BCUT2D eigenvalue weighted by Crippen LogP contribution is -2.31. The van der Waals surface area contributed by atoms with Crippen LogP contribution in [0, 0.1) is 6.92 Å². The van der Waals surface area contributed by atoms with Gasteiger partial charge in [0.2, 0.25) is 11.8 Å². The van der Waals surface area contributed by atoms with E-state index in [4.69, 9.17) is 10.5 Å². The molecule has 1 aromatic rings. The predicted molar refractivity (Wildman–Crippen MR) is 69.5 cm³/mol. The largest absolute Gasteiger partial charge is 0.478 e. The van der Waals surface area contributed by atoms with Crippen molar-refractivity contribution in [2.45, 2.75) is 27.2 Å². The van der Waals surface area contributed by atoms with Crippen molar-refractivity contribution in [2.75, 3.05) is 31.1 Å². The van der Waals surface area contributed by atoms with E-state index in [1.165, 1.54) is 0 Å². The van der Waals surface area contributed by atoms with Crippen LogP contribution in [0.4, 0.5) is 5.95 Å². The van der Waals surface area contributed by atoms with E-state index < -0.39 is 0 Å². The first kappa shape index (κ1) is 13.7. The molecule has 0 amide bonds. The van der Waals surface area contributed by atoms with Gasteiger partial charge in [0, 0.05) is 31.4 Å². The average Bonchev–Trinajstić information content (AvgIpc) is 2.28. The molecule has 0 saturated carbocycles. The Morgan fingerprint density at radius 2 is 2.06 bits per heavy atom.